The Kier molecular flexibility index (Phi) is 4.41. The Balaban J connectivity index is 2.00. The van der Waals surface area contributed by atoms with Crippen molar-refractivity contribution in [2.45, 2.75) is 44.6 Å². The molecule has 1 aliphatic rings. The van der Waals surface area contributed by atoms with E-state index in [4.69, 9.17) is 4.74 Å². The van der Waals surface area contributed by atoms with Gasteiger partial charge >= 0.3 is 0 Å². The van der Waals surface area contributed by atoms with Gasteiger partial charge in [0, 0.05) is 13.5 Å². The highest BCUT2D eigenvalue weighted by molar-refractivity contribution is 5.26. The van der Waals surface area contributed by atoms with E-state index < -0.39 is 0 Å². The minimum atomic E-state index is -0.0731. The zero-order valence-electron chi connectivity index (χ0n) is 11.8. The molecule has 2 heteroatoms. The fourth-order valence-electron chi connectivity index (χ4n) is 2.63. The van der Waals surface area contributed by atoms with E-state index in [1.54, 1.807) is 7.11 Å². The van der Waals surface area contributed by atoms with Crippen LogP contribution in [0.3, 0.4) is 0 Å². The summed E-state index contributed by atoms with van der Waals surface area (Å²) in [5, 5.41) is 3.42. The Labute approximate surface area is 111 Å². The summed E-state index contributed by atoms with van der Waals surface area (Å²) in [5.74, 6) is 0.746. The summed E-state index contributed by atoms with van der Waals surface area (Å²) >= 11 is 0. The molecule has 0 bridgehead atoms. The van der Waals surface area contributed by atoms with Gasteiger partial charge in [0.25, 0.3) is 0 Å². The average molecular weight is 247 g/mol. The number of methoxy groups -OCH3 is 1. The normalized spacial score (nSPS) is 17.9. The Bertz CT molecular complexity index is 363. The predicted octanol–water partition coefficient (Wildman–Crippen LogP) is 3.12. The second-order valence-electron chi connectivity index (χ2n) is 5.91. The van der Waals surface area contributed by atoms with Crippen molar-refractivity contribution in [1.29, 1.82) is 0 Å². The first-order chi connectivity index (χ1) is 8.61. The minimum Gasteiger partial charge on any atom is -0.378 e. The smallest absolute Gasteiger partial charge is 0.0662 e. The first-order valence-electron chi connectivity index (χ1n) is 6.95. The van der Waals surface area contributed by atoms with Crippen LogP contribution in [0.4, 0.5) is 0 Å². The molecule has 0 spiro atoms. The topological polar surface area (TPSA) is 21.3 Å². The molecule has 0 amide bonds. The molecular weight excluding hydrogens is 222 g/mol. The molecule has 18 heavy (non-hydrogen) atoms. The van der Waals surface area contributed by atoms with Crippen LogP contribution in [0.5, 0.6) is 0 Å². The largest absolute Gasteiger partial charge is 0.378 e. The molecule has 0 radical (unpaired) electrons. The molecule has 1 fully saturated rings. The molecule has 1 aromatic carbocycles. The van der Waals surface area contributed by atoms with Crippen LogP contribution in [0.25, 0.3) is 0 Å². The van der Waals surface area contributed by atoms with Gasteiger partial charge in [-0.2, -0.15) is 0 Å². The standard InChI is InChI=1S/C16H25NO/c1-16(2,18-3)12-13-4-6-14(7-5-13)15-8-10-17-11-9-15/h4-7,15,17H,8-12H2,1-3H3. The lowest BCUT2D eigenvalue weighted by Crippen LogP contribution is -2.27. The molecule has 1 heterocycles. The molecule has 1 aromatic rings. The van der Waals surface area contributed by atoms with Gasteiger partial charge in [-0.05, 0) is 56.8 Å². The van der Waals surface area contributed by atoms with Crippen molar-refractivity contribution in [3.05, 3.63) is 35.4 Å². The zero-order valence-corrected chi connectivity index (χ0v) is 11.8. The summed E-state index contributed by atoms with van der Waals surface area (Å²) in [6, 6.07) is 9.13. The van der Waals surface area contributed by atoms with E-state index in [0.29, 0.717) is 0 Å². The average Bonchev–Trinajstić information content (AvgIpc) is 2.40. The van der Waals surface area contributed by atoms with Crippen LogP contribution in [-0.2, 0) is 11.2 Å². The van der Waals surface area contributed by atoms with Crippen LogP contribution in [-0.4, -0.2) is 25.8 Å². The van der Waals surface area contributed by atoms with E-state index in [-0.39, 0.29) is 5.60 Å². The number of hydrogen-bond donors (Lipinski definition) is 1. The lowest BCUT2D eigenvalue weighted by Gasteiger charge is -2.25. The first kappa shape index (κ1) is 13.6. The van der Waals surface area contributed by atoms with Gasteiger partial charge in [0.05, 0.1) is 5.60 Å². The summed E-state index contributed by atoms with van der Waals surface area (Å²) < 4.78 is 5.48. The van der Waals surface area contributed by atoms with Gasteiger partial charge in [0.15, 0.2) is 0 Å². The number of hydrogen-bond acceptors (Lipinski definition) is 2. The van der Waals surface area contributed by atoms with Crippen LogP contribution in [0.1, 0.15) is 43.7 Å². The Hall–Kier alpha value is -0.860. The predicted molar refractivity (Wildman–Crippen MR) is 76.1 cm³/mol. The Morgan fingerprint density at radius 3 is 2.33 bits per heavy atom. The maximum Gasteiger partial charge on any atom is 0.0662 e. The number of nitrogens with one attached hydrogen (secondary N) is 1. The van der Waals surface area contributed by atoms with Crippen LogP contribution < -0.4 is 5.32 Å². The highest BCUT2D eigenvalue weighted by atomic mass is 16.5. The van der Waals surface area contributed by atoms with Gasteiger partial charge in [-0.15, -0.1) is 0 Å². The van der Waals surface area contributed by atoms with E-state index in [9.17, 15) is 0 Å². The highest BCUT2D eigenvalue weighted by Crippen LogP contribution is 2.26. The fraction of sp³-hybridized carbons (Fsp3) is 0.625. The monoisotopic (exact) mass is 247 g/mol. The minimum absolute atomic E-state index is 0.0731. The summed E-state index contributed by atoms with van der Waals surface area (Å²) in [4.78, 5) is 0. The molecular formula is C16H25NO. The van der Waals surface area contributed by atoms with Crippen molar-refractivity contribution >= 4 is 0 Å². The lowest BCUT2D eigenvalue weighted by molar-refractivity contribution is 0.0232. The van der Waals surface area contributed by atoms with E-state index in [2.05, 4.69) is 43.4 Å². The molecule has 0 unspecified atom stereocenters. The number of piperidine rings is 1. The van der Waals surface area contributed by atoms with Crippen molar-refractivity contribution < 1.29 is 4.74 Å². The van der Waals surface area contributed by atoms with Crippen LogP contribution in [0.15, 0.2) is 24.3 Å². The Morgan fingerprint density at radius 1 is 1.17 bits per heavy atom. The SMILES string of the molecule is COC(C)(C)Cc1ccc(C2CCNCC2)cc1. The molecule has 2 nitrogen and oxygen atoms in total. The maximum atomic E-state index is 5.48. The van der Waals surface area contributed by atoms with Crippen LogP contribution in [0.2, 0.25) is 0 Å². The summed E-state index contributed by atoms with van der Waals surface area (Å²) in [7, 11) is 1.78. The second kappa shape index (κ2) is 5.85. The van der Waals surface area contributed by atoms with Gasteiger partial charge in [0.2, 0.25) is 0 Å². The van der Waals surface area contributed by atoms with E-state index in [1.807, 2.05) is 0 Å². The molecule has 2 rings (SSSR count). The second-order valence-corrected chi connectivity index (χ2v) is 5.91. The maximum absolute atomic E-state index is 5.48. The van der Waals surface area contributed by atoms with Crippen molar-refractivity contribution in [1.82, 2.24) is 5.32 Å². The molecule has 1 N–H and O–H groups in total. The van der Waals surface area contributed by atoms with Crippen molar-refractivity contribution in [3.63, 3.8) is 0 Å². The summed E-state index contributed by atoms with van der Waals surface area (Å²) in [5.41, 5.74) is 2.78. The van der Waals surface area contributed by atoms with Gasteiger partial charge in [-0.25, -0.2) is 0 Å². The number of benzene rings is 1. The number of ether oxygens (including phenoxy) is 1. The quantitative estimate of drug-likeness (QED) is 0.882. The molecule has 0 saturated carbocycles. The third-order valence-corrected chi connectivity index (χ3v) is 3.97. The summed E-state index contributed by atoms with van der Waals surface area (Å²) in [6.07, 6.45) is 3.50. The fourth-order valence-corrected chi connectivity index (χ4v) is 2.63. The van der Waals surface area contributed by atoms with E-state index >= 15 is 0 Å². The van der Waals surface area contributed by atoms with Crippen molar-refractivity contribution in [2.75, 3.05) is 20.2 Å². The van der Waals surface area contributed by atoms with Crippen molar-refractivity contribution in [2.24, 2.45) is 0 Å². The van der Waals surface area contributed by atoms with E-state index in [1.165, 1.54) is 24.0 Å². The zero-order chi connectivity index (χ0) is 13.0. The summed E-state index contributed by atoms with van der Waals surface area (Å²) in [6.45, 7) is 6.58. The molecule has 1 aliphatic heterocycles. The highest BCUT2D eigenvalue weighted by Gasteiger charge is 2.18. The van der Waals surface area contributed by atoms with Crippen LogP contribution in [0, 0.1) is 0 Å². The van der Waals surface area contributed by atoms with Gasteiger partial charge in [0.1, 0.15) is 0 Å². The first-order valence-corrected chi connectivity index (χ1v) is 6.95. The molecule has 0 aliphatic carbocycles. The molecule has 1 saturated heterocycles. The van der Waals surface area contributed by atoms with Gasteiger partial charge in [-0.3, -0.25) is 0 Å². The lowest BCUT2D eigenvalue weighted by atomic mass is 9.89. The molecule has 0 atom stereocenters. The van der Waals surface area contributed by atoms with Gasteiger partial charge < -0.3 is 10.1 Å². The van der Waals surface area contributed by atoms with E-state index in [0.717, 1.165) is 25.4 Å². The number of rotatable bonds is 4. The van der Waals surface area contributed by atoms with Crippen LogP contribution >= 0.6 is 0 Å². The van der Waals surface area contributed by atoms with Gasteiger partial charge in [-0.1, -0.05) is 24.3 Å². The van der Waals surface area contributed by atoms with Crippen molar-refractivity contribution in [3.8, 4) is 0 Å². The third-order valence-electron chi connectivity index (χ3n) is 3.97. The third kappa shape index (κ3) is 3.56. The Morgan fingerprint density at radius 2 is 1.78 bits per heavy atom. The molecule has 0 aromatic heterocycles. The molecule has 100 valence electrons.